The van der Waals surface area contributed by atoms with Crippen LogP contribution in [-0.4, -0.2) is 32.7 Å². The van der Waals surface area contributed by atoms with Crippen LogP contribution in [0.2, 0.25) is 0 Å². The second kappa shape index (κ2) is 10.6. The molecule has 1 atom stereocenters. The van der Waals surface area contributed by atoms with Crippen molar-refractivity contribution in [3.05, 3.63) is 40.3 Å². The number of hydrogen-bond acceptors (Lipinski definition) is 7. The quantitative estimate of drug-likeness (QED) is 0.431. The monoisotopic (exact) mass is 492 g/mol. The van der Waals surface area contributed by atoms with Gasteiger partial charge in [-0.1, -0.05) is 34.1 Å². The first-order chi connectivity index (χ1) is 16.8. The first-order valence-corrected chi connectivity index (χ1v) is 13.0. The third-order valence-electron chi connectivity index (χ3n) is 6.47. The molecule has 3 aromatic rings. The van der Waals surface area contributed by atoms with Gasteiger partial charge >= 0.3 is 0 Å². The molecule has 1 aliphatic rings. The van der Waals surface area contributed by atoms with E-state index in [4.69, 9.17) is 4.74 Å². The van der Waals surface area contributed by atoms with Gasteiger partial charge in [0.15, 0.2) is 0 Å². The van der Waals surface area contributed by atoms with E-state index in [1.165, 1.54) is 21.0 Å². The van der Waals surface area contributed by atoms with Crippen LogP contribution in [0, 0.1) is 22.7 Å². The van der Waals surface area contributed by atoms with Crippen LogP contribution in [0.5, 0.6) is 5.75 Å². The molecule has 9 heteroatoms. The lowest BCUT2D eigenvalue weighted by Crippen LogP contribution is -2.26. The maximum atomic E-state index is 12.7. The molecule has 4 rings (SSSR count). The Morgan fingerprint density at radius 3 is 2.77 bits per heavy atom. The van der Waals surface area contributed by atoms with Crippen molar-refractivity contribution in [1.82, 2.24) is 20.2 Å². The Kier molecular flexibility index (Phi) is 7.51. The molecule has 0 spiro atoms. The third-order valence-corrected chi connectivity index (χ3v) is 7.64. The number of anilines is 1. The highest BCUT2D eigenvalue weighted by Crippen LogP contribution is 2.44. The Morgan fingerprint density at radius 2 is 2.09 bits per heavy atom. The number of fused-ring (bicyclic) bond motifs is 1. The smallest absolute Gasteiger partial charge is 0.248 e. The topological polar surface area (TPSA) is 106 Å². The number of thiophene rings is 1. The molecule has 184 valence electrons. The number of unbranched alkanes of at least 4 members (excludes halogenated alkanes) is 1. The second-order valence-corrected chi connectivity index (χ2v) is 11.1. The molecule has 8 nitrogen and oxygen atoms in total. The maximum Gasteiger partial charge on any atom is 0.248 e. The van der Waals surface area contributed by atoms with Gasteiger partial charge in [0.2, 0.25) is 11.7 Å². The Morgan fingerprint density at radius 1 is 1.31 bits per heavy atom. The zero-order chi connectivity index (χ0) is 25.0. The number of nitrogens with zero attached hydrogens (tertiary/aromatic N) is 5. The number of tetrazole rings is 1. The van der Waals surface area contributed by atoms with E-state index < -0.39 is 0 Å². The third kappa shape index (κ3) is 5.88. The predicted octanol–water partition coefficient (Wildman–Crippen LogP) is 5.24. The molecule has 0 saturated heterocycles. The summed E-state index contributed by atoms with van der Waals surface area (Å²) in [4.78, 5) is 15.2. The summed E-state index contributed by atoms with van der Waals surface area (Å²) < 4.78 is 5.69. The summed E-state index contributed by atoms with van der Waals surface area (Å²) in [6.07, 6.45) is 4.99. The van der Waals surface area contributed by atoms with E-state index in [-0.39, 0.29) is 17.9 Å². The van der Waals surface area contributed by atoms with Crippen LogP contribution in [0.15, 0.2) is 24.3 Å². The maximum absolute atomic E-state index is 12.7. The molecule has 1 N–H and O–H groups in total. The summed E-state index contributed by atoms with van der Waals surface area (Å²) in [6.45, 7) is 9.53. The van der Waals surface area contributed by atoms with Crippen LogP contribution in [0.4, 0.5) is 5.00 Å². The number of nitriles is 1. The van der Waals surface area contributed by atoms with Crippen molar-refractivity contribution in [3.63, 3.8) is 0 Å². The number of hydrogen-bond donors (Lipinski definition) is 1. The average molecular weight is 493 g/mol. The molecule has 0 aliphatic heterocycles. The second-order valence-electron chi connectivity index (χ2n) is 10.0. The predicted molar refractivity (Wildman–Crippen MR) is 136 cm³/mol. The lowest BCUT2D eigenvalue weighted by molar-refractivity contribution is -0.117. The van der Waals surface area contributed by atoms with E-state index in [9.17, 15) is 10.1 Å². The number of carbonyl (C=O) groups excluding carboxylic acids is 1. The molecule has 0 saturated carbocycles. The highest BCUT2D eigenvalue weighted by Gasteiger charge is 2.32. The summed E-state index contributed by atoms with van der Waals surface area (Å²) in [5, 5.41) is 25.7. The summed E-state index contributed by atoms with van der Waals surface area (Å²) in [5.74, 6) is 1.53. The SMILES string of the molecule is CCCCOc1ccc(-c2nnn(CC(=O)Nc3sc4c(c3C#N)CCC(C(C)(C)C)C4)n2)cc1. The highest BCUT2D eigenvalue weighted by molar-refractivity contribution is 7.16. The molecule has 1 amide bonds. The van der Waals surface area contributed by atoms with E-state index in [0.717, 1.165) is 49.0 Å². The minimum absolute atomic E-state index is 0.0801. The van der Waals surface area contributed by atoms with Gasteiger partial charge in [0.05, 0.1) is 12.2 Å². The van der Waals surface area contributed by atoms with Gasteiger partial charge in [-0.05, 0) is 72.1 Å². The average Bonchev–Trinajstić information content (AvgIpc) is 3.42. The van der Waals surface area contributed by atoms with E-state index >= 15 is 0 Å². The highest BCUT2D eigenvalue weighted by atomic mass is 32.1. The van der Waals surface area contributed by atoms with E-state index in [2.05, 4.69) is 54.5 Å². The fraction of sp³-hybridized carbons (Fsp3) is 0.500. The molecule has 2 heterocycles. The number of aromatic nitrogens is 4. The van der Waals surface area contributed by atoms with Crippen LogP contribution in [-0.2, 0) is 24.2 Å². The molecule has 2 aromatic heterocycles. The van der Waals surface area contributed by atoms with Gasteiger partial charge in [-0.2, -0.15) is 10.1 Å². The van der Waals surface area contributed by atoms with E-state index in [1.54, 1.807) is 0 Å². The minimum atomic E-state index is -0.281. The Labute approximate surface area is 210 Å². The van der Waals surface area contributed by atoms with Crippen LogP contribution >= 0.6 is 11.3 Å². The number of rotatable bonds is 8. The molecular weight excluding hydrogens is 460 g/mol. The Balaban J connectivity index is 1.39. The molecule has 1 aromatic carbocycles. The van der Waals surface area contributed by atoms with Crippen LogP contribution in [0.1, 0.15) is 63.0 Å². The van der Waals surface area contributed by atoms with Crippen molar-refractivity contribution < 1.29 is 9.53 Å². The van der Waals surface area contributed by atoms with Crippen molar-refractivity contribution in [2.45, 2.75) is 66.3 Å². The zero-order valence-corrected chi connectivity index (χ0v) is 21.6. The van der Waals surface area contributed by atoms with Gasteiger partial charge in [0.1, 0.15) is 23.4 Å². The molecule has 0 bridgehead atoms. The fourth-order valence-corrected chi connectivity index (χ4v) is 5.58. The normalized spacial score (nSPS) is 15.3. The number of nitrogens with one attached hydrogen (secondary N) is 1. The molecular formula is C26H32N6O2S. The summed E-state index contributed by atoms with van der Waals surface area (Å²) in [7, 11) is 0. The summed E-state index contributed by atoms with van der Waals surface area (Å²) in [5.41, 5.74) is 2.71. The van der Waals surface area contributed by atoms with E-state index in [1.807, 2.05) is 24.3 Å². The minimum Gasteiger partial charge on any atom is -0.494 e. The Hall–Kier alpha value is -3.25. The largest absolute Gasteiger partial charge is 0.494 e. The fourth-order valence-electron chi connectivity index (χ4n) is 4.29. The van der Waals surface area contributed by atoms with Gasteiger partial charge in [-0.15, -0.1) is 21.5 Å². The van der Waals surface area contributed by atoms with E-state index in [0.29, 0.717) is 28.9 Å². The Bertz CT molecular complexity index is 1220. The standard InChI is InChI=1S/C26H32N6O2S/c1-5-6-13-34-19-10-7-17(8-11-19)24-29-31-32(30-24)16-23(33)28-25-21(15-27)20-12-9-18(26(2,3)4)14-22(20)35-25/h7-8,10-11,18H,5-6,9,12-14,16H2,1-4H3,(H,28,33). The lowest BCUT2D eigenvalue weighted by Gasteiger charge is -2.33. The van der Waals surface area contributed by atoms with Crippen molar-refractivity contribution in [2.75, 3.05) is 11.9 Å². The first-order valence-electron chi connectivity index (χ1n) is 12.1. The van der Waals surface area contributed by atoms with Crippen molar-refractivity contribution in [2.24, 2.45) is 11.3 Å². The number of amides is 1. The lowest BCUT2D eigenvalue weighted by atomic mass is 9.72. The molecule has 0 radical (unpaired) electrons. The van der Waals surface area contributed by atoms with Crippen LogP contribution < -0.4 is 10.1 Å². The number of benzene rings is 1. The van der Waals surface area contributed by atoms with Crippen molar-refractivity contribution >= 4 is 22.2 Å². The number of carbonyl (C=O) groups is 1. The molecule has 35 heavy (non-hydrogen) atoms. The summed E-state index contributed by atoms with van der Waals surface area (Å²) in [6, 6.07) is 9.82. The summed E-state index contributed by atoms with van der Waals surface area (Å²) >= 11 is 1.52. The number of ether oxygens (including phenoxy) is 1. The van der Waals surface area contributed by atoms with Gasteiger partial charge in [0, 0.05) is 10.4 Å². The van der Waals surface area contributed by atoms with Crippen LogP contribution in [0.25, 0.3) is 11.4 Å². The van der Waals surface area contributed by atoms with Gasteiger partial charge in [-0.25, -0.2) is 0 Å². The first kappa shape index (κ1) is 24.9. The molecule has 1 unspecified atom stereocenters. The van der Waals surface area contributed by atoms with Crippen molar-refractivity contribution in [3.8, 4) is 23.2 Å². The zero-order valence-electron chi connectivity index (χ0n) is 20.8. The molecule has 0 fully saturated rings. The van der Waals surface area contributed by atoms with Gasteiger partial charge in [0.25, 0.3) is 0 Å². The van der Waals surface area contributed by atoms with Crippen LogP contribution in [0.3, 0.4) is 0 Å². The van der Waals surface area contributed by atoms with Gasteiger partial charge in [-0.3, -0.25) is 4.79 Å². The van der Waals surface area contributed by atoms with Crippen molar-refractivity contribution in [1.29, 1.82) is 5.26 Å². The van der Waals surface area contributed by atoms with Gasteiger partial charge < -0.3 is 10.1 Å². The molecule has 1 aliphatic carbocycles.